The van der Waals surface area contributed by atoms with Crippen LogP contribution in [0.3, 0.4) is 0 Å². The van der Waals surface area contributed by atoms with Crippen LogP contribution < -0.4 is 19.9 Å². The first-order valence-corrected chi connectivity index (χ1v) is 38.2. The number of nitrogens with one attached hydrogen (secondary N) is 1. The molecule has 9 rings (SSSR count). The van der Waals surface area contributed by atoms with Crippen LogP contribution in [0, 0.1) is 55.1 Å². The summed E-state index contributed by atoms with van der Waals surface area (Å²) in [6, 6.07) is 12.7. The molecule has 6 heterocycles. The maximum absolute atomic E-state index is 16.1. The summed E-state index contributed by atoms with van der Waals surface area (Å²) in [6.07, 6.45) is 30.0. The second-order valence-electron chi connectivity index (χ2n) is 27.9. The van der Waals surface area contributed by atoms with E-state index in [9.17, 15) is 23.9 Å². The predicted molar refractivity (Wildman–Crippen MR) is 411 cm³/mol. The minimum absolute atomic E-state index is 0.00702. The number of nitrogens with zero attached hydrogens (tertiary/aromatic N) is 6. The number of piperidine rings is 2. The summed E-state index contributed by atoms with van der Waals surface area (Å²) in [5.41, 5.74) is 4.48. The molecule has 4 aliphatic rings. The number of phenolic OH excluding ortho intramolecular Hbond substituents is 1. The van der Waals surface area contributed by atoms with Crippen molar-refractivity contribution >= 4 is 51.5 Å². The highest BCUT2D eigenvalue weighted by atomic mass is 19.1. The number of halogens is 2. The summed E-state index contributed by atoms with van der Waals surface area (Å²) in [5, 5.41) is 14.7. The number of aromatic nitrogens is 3. The molecule has 2 aromatic heterocycles. The third-order valence-corrected chi connectivity index (χ3v) is 19.4. The number of amides is 2. The fraction of sp³-hybridized carbons (Fsp3) is 0.663. The molecule has 4 saturated heterocycles. The number of carbonyl (C=O) groups excluding carboxylic acids is 3. The molecule has 0 aliphatic carbocycles. The van der Waals surface area contributed by atoms with Gasteiger partial charge in [-0.15, -0.1) is 0 Å². The number of pyridine rings is 1. The lowest BCUT2D eigenvalue weighted by atomic mass is 9.89. The molecule has 3 aromatic carbocycles. The Bertz CT molecular complexity index is 3100. The Kier molecular flexibility index (Phi) is 43.5. The molecular weight excluding hydrogens is 1230 g/mol. The zero-order valence-corrected chi connectivity index (χ0v) is 65.0. The number of benzene rings is 3. The number of aromatic hydroxyl groups is 1. The van der Waals surface area contributed by atoms with E-state index in [1.165, 1.54) is 154 Å². The summed E-state index contributed by atoms with van der Waals surface area (Å²) in [6.45, 7) is 48.3. The van der Waals surface area contributed by atoms with E-state index >= 15 is 4.39 Å². The minimum Gasteiger partial charge on any atom is -0.508 e. The predicted octanol–water partition coefficient (Wildman–Crippen LogP) is 22.0. The molecule has 552 valence electrons. The van der Waals surface area contributed by atoms with E-state index in [4.69, 9.17) is 9.47 Å². The lowest BCUT2D eigenvalue weighted by Gasteiger charge is -2.34. The Morgan fingerprint density at radius 1 is 0.806 bits per heavy atom. The Morgan fingerprint density at radius 2 is 1.47 bits per heavy atom. The average Bonchev–Trinajstić information content (AvgIpc) is 0.920. The summed E-state index contributed by atoms with van der Waals surface area (Å²) in [7, 11) is 1.45. The van der Waals surface area contributed by atoms with Gasteiger partial charge in [0.25, 0.3) is 6.47 Å². The van der Waals surface area contributed by atoms with E-state index in [-0.39, 0.29) is 40.6 Å². The van der Waals surface area contributed by atoms with Gasteiger partial charge in [-0.05, 0) is 154 Å². The number of hydrogen-bond donors (Lipinski definition) is 2. The van der Waals surface area contributed by atoms with Gasteiger partial charge >= 0.3 is 6.01 Å². The maximum atomic E-state index is 16.1. The number of anilines is 2. The number of carbonyl (C=O) groups is 3. The van der Waals surface area contributed by atoms with Gasteiger partial charge in [0, 0.05) is 55.2 Å². The van der Waals surface area contributed by atoms with Gasteiger partial charge < -0.3 is 24.8 Å². The van der Waals surface area contributed by atoms with E-state index in [1.807, 2.05) is 52.8 Å². The monoisotopic (exact) mass is 1360 g/mol. The molecule has 0 bridgehead atoms. The lowest BCUT2D eigenvalue weighted by molar-refractivity contribution is -0.130. The highest BCUT2D eigenvalue weighted by Crippen LogP contribution is 2.40. The zero-order valence-electron chi connectivity index (χ0n) is 65.0. The molecule has 4 fully saturated rings. The van der Waals surface area contributed by atoms with E-state index in [2.05, 4.69) is 127 Å². The van der Waals surface area contributed by atoms with Crippen molar-refractivity contribution in [2.45, 2.75) is 297 Å². The fourth-order valence-corrected chi connectivity index (χ4v) is 12.9. The Morgan fingerprint density at radius 3 is 2.02 bits per heavy atom. The SMILES string of the molecule is C=C1CCC(N(C(C)=O)c2ccc(C)cc2C)C(=O)N1.CC.CCC(C)C.CCCC.CCCC(C)CC.CCCCC(CCC)CCC(C)CC.CCc1c(F)ccc2cc(O)cc(-c3ncc4c(N5CCCC(C)C5)nc(OC)nc4c3F)c12.O=COCC1CCC2CCCN21. The smallest absolute Gasteiger partial charge is 0.318 e. The number of allylic oxidation sites excluding steroid dienone is 1. The van der Waals surface area contributed by atoms with Crippen molar-refractivity contribution in [2.75, 3.05) is 43.2 Å². The number of aryl methyl sites for hydroxylation is 3. The summed E-state index contributed by atoms with van der Waals surface area (Å²) in [4.78, 5) is 53.7. The second-order valence-corrected chi connectivity index (χ2v) is 27.9. The molecule has 2 amide bonds. The molecule has 0 spiro atoms. The number of phenols is 1. The highest BCUT2D eigenvalue weighted by Gasteiger charge is 2.37. The van der Waals surface area contributed by atoms with Crippen LogP contribution in [-0.2, 0) is 25.5 Å². The number of unbranched alkanes of at least 4 members (excludes halogenated alkanes) is 2. The quantitative estimate of drug-likeness (QED) is 0.0602. The Hall–Kier alpha value is -6.22. The first-order chi connectivity index (χ1) is 46.9. The number of hydrogen-bond acceptors (Lipinski definition) is 11. The van der Waals surface area contributed by atoms with Gasteiger partial charge in [-0.25, -0.2) is 8.78 Å². The molecule has 13 nitrogen and oxygen atoms in total. The molecule has 15 heteroatoms. The van der Waals surface area contributed by atoms with E-state index < -0.39 is 11.9 Å². The molecule has 7 unspecified atom stereocenters. The number of methoxy groups -OCH3 is 1. The zero-order chi connectivity index (χ0) is 73.4. The molecule has 2 N–H and O–H groups in total. The molecule has 7 atom stereocenters. The van der Waals surface area contributed by atoms with Crippen LogP contribution in [0.5, 0.6) is 11.8 Å². The lowest BCUT2D eigenvalue weighted by Crippen LogP contribution is -2.51. The summed E-state index contributed by atoms with van der Waals surface area (Å²) in [5.74, 6) is 3.50. The van der Waals surface area contributed by atoms with Crippen LogP contribution in [0.4, 0.5) is 20.3 Å². The van der Waals surface area contributed by atoms with Crippen LogP contribution in [0.1, 0.15) is 276 Å². The number of fused-ring (bicyclic) bond motifs is 3. The minimum atomic E-state index is -0.664. The third kappa shape index (κ3) is 28.8. The van der Waals surface area contributed by atoms with E-state index in [1.54, 1.807) is 17.2 Å². The van der Waals surface area contributed by atoms with Gasteiger partial charge in [0.2, 0.25) is 11.8 Å². The Labute approximate surface area is 593 Å². The van der Waals surface area contributed by atoms with Crippen molar-refractivity contribution < 1.29 is 37.7 Å². The van der Waals surface area contributed by atoms with Crippen LogP contribution in [0.25, 0.3) is 32.9 Å². The maximum Gasteiger partial charge on any atom is 0.318 e. The van der Waals surface area contributed by atoms with Crippen LogP contribution in [-0.4, -0.2) is 94.7 Å². The summed E-state index contributed by atoms with van der Waals surface area (Å²) < 4.78 is 40.8. The van der Waals surface area contributed by atoms with Crippen molar-refractivity contribution in [1.82, 2.24) is 25.2 Å². The van der Waals surface area contributed by atoms with Crippen molar-refractivity contribution in [3.05, 3.63) is 89.3 Å². The molecule has 0 saturated carbocycles. The van der Waals surface area contributed by atoms with Crippen molar-refractivity contribution in [1.29, 1.82) is 0 Å². The van der Waals surface area contributed by atoms with Crippen LogP contribution in [0.2, 0.25) is 0 Å². The largest absolute Gasteiger partial charge is 0.508 e. The standard InChI is InChI=1S/C26H26F2N4O2.C16H20N2O2.C14H30.C9H15NO2.C7H16.C5H12.C4H10.C2H6/c1-4-17-20(27)8-7-15-10-16(33)11-18(21(15)17)23-22(28)24-19(12-29-23)25(31-26(30-24)34-3)32-9-5-6-14(2)13-32;1-10-5-7-14(11(2)9-10)18(13(4)19)15-8-6-12(3)17-16(15)20;1-5-8-10-14(9-6-2)12-11-13(4)7-3;11-7-12-6-9-4-3-8-2-1-5-10(8)9;1-4-6-7(3)5-2;1-4-5(2)3;1-3-4-2;1-2/h7-8,10-12,14,33H,4-6,9,13H2,1-3H3;5,7,9,15H,3,6,8H2,1-2,4H3,(H,17,20);13-14H,5-12H2,1-4H3;7-9H,1-6H2;7H,4-6H2,1-3H3;5H,4H2,1-3H3;3-4H2,1-2H3;1-2H3. The van der Waals surface area contributed by atoms with Crippen molar-refractivity contribution in [2.24, 2.45) is 29.6 Å². The van der Waals surface area contributed by atoms with Crippen LogP contribution in [0.15, 0.2) is 60.9 Å². The average molecular weight is 1370 g/mol. The summed E-state index contributed by atoms with van der Waals surface area (Å²) >= 11 is 0. The van der Waals surface area contributed by atoms with Gasteiger partial charge in [0.05, 0.1) is 12.5 Å². The van der Waals surface area contributed by atoms with E-state index in [0.717, 1.165) is 78.2 Å². The van der Waals surface area contributed by atoms with Gasteiger partial charge in [-0.2, -0.15) is 9.97 Å². The molecule has 5 aromatic rings. The number of rotatable bonds is 23. The Balaban J connectivity index is 0.000000436. The molecular formula is C83H135F2N7O6. The normalized spacial score (nSPS) is 17.8. The highest BCUT2D eigenvalue weighted by molar-refractivity contribution is 6.02. The van der Waals surface area contributed by atoms with Gasteiger partial charge in [0.1, 0.15) is 41.2 Å². The van der Waals surface area contributed by atoms with Crippen molar-refractivity contribution in [3.63, 3.8) is 0 Å². The second kappa shape index (κ2) is 48.5. The number of ether oxygens (including phenoxy) is 2. The fourth-order valence-electron chi connectivity index (χ4n) is 12.9. The topological polar surface area (TPSA) is 150 Å². The van der Waals surface area contributed by atoms with Gasteiger partial charge in [-0.1, -0.05) is 231 Å². The van der Waals surface area contributed by atoms with Gasteiger partial charge in [0.15, 0.2) is 5.82 Å². The third-order valence-electron chi connectivity index (χ3n) is 19.4. The molecule has 98 heavy (non-hydrogen) atoms. The molecule has 0 radical (unpaired) electrons. The van der Waals surface area contributed by atoms with Crippen molar-refractivity contribution in [3.8, 4) is 23.0 Å². The first kappa shape index (κ1) is 87.9. The first-order valence-electron chi connectivity index (χ1n) is 38.2. The van der Waals surface area contributed by atoms with Crippen LogP contribution >= 0.6 is 0 Å². The van der Waals surface area contributed by atoms with E-state index in [0.29, 0.717) is 77.4 Å². The molecule has 4 aliphatic heterocycles. The van der Waals surface area contributed by atoms with Gasteiger partial charge in [-0.3, -0.25) is 29.2 Å².